The fourth-order valence-corrected chi connectivity index (χ4v) is 11.3. The van der Waals surface area contributed by atoms with Crippen molar-refractivity contribution < 1.29 is 9.53 Å². The molecule has 192 valence electrons. The summed E-state index contributed by atoms with van der Waals surface area (Å²) in [5, 5.41) is 0. The topological polar surface area (TPSA) is 26.3 Å². The number of rotatable bonds is 1. The second-order valence-corrected chi connectivity index (χ2v) is 15.4. The van der Waals surface area contributed by atoms with Gasteiger partial charge in [-0.3, -0.25) is 4.79 Å². The molecule has 5 aliphatic rings. The van der Waals surface area contributed by atoms with Crippen LogP contribution < -0.4 is 0 Å². The van der Waals surface area contributed by atoms with Crippen LogP contribution in [0, 0.1) is 56.7 Å². The lowest BCUT2D eigenvalue weighted by Crippen LogP contribution is -2.66. The lowest BCUT2D eigenvalue weighted by Gasteiger charge is -2.72. The van der Waals surface area contributed by atoms with E-state index >= 15 is 0 Å². The first-order valence-electron chi connectivity index (χ1n) is 14.6. The van der Waals surface area contributed by atoms with Crippen LogP contribution in [0.2, 0.25) is 0 Å². The first-order chi connectivity index (χ1) is 15.7. The SMILES string of the molecule is CC(=O)O[C@H]1C=C2C3[C@@H](C)[C@H](C)CC[C@]3(C)CC[C@@]2(C)[C@]2(C)CCC3C(C)(C)CCC[C@]3(C)C12. The number of fused-ring (bicyclic) bond motifs is 7. The van der Waals surface area contributed by atoms with Crippen molar-refractivity contribution in [3.63, 3.8) is 0 Å². The predicted molar refractivity (Wildman–Crippen MR) is 140 cm³/mol. The molecule has 0 radical (unpaired) electrons. The van der Waals surface area contributed by atoms with Crippen molar-refractivity contribution in [3.05, 3.63) is 11.6 Å². The van der Waals surface area contributed by atoms with E-state index < -0.39 is 0 Å². The minimum atomic E-state index is -0.0998. The minimum Gasteiger partial charge on any atom is -0.458 e. The molecule has 2 heteroatoms. The van der Waals surface area contributed by atoms with Crippen LogP contribution in [-0.2, 0) is 9.53 Å². The number of hydrogen-bond donors (Lipinski definition) is 0. The molecule has 0 aromatic carbocycles. The van der Waals surface area contributed by atoms with Crippen LogP contribution in [0.4, 0.5) is 0 Å². The molecule has 10 atom stereocenters. The van der Waals surface area contributed by atoms with E-state index in [1.54, 1.807) is 12.5 Å². The third-order valence-corrected chi connectivity index (χ3v) is 13.4. The molecule has 0 amide bonds. The molecule has 5 rings (SSSR count). The van der Waals surface area contributed by atoms with Crippen molar-refractivity contribution in [1.29, 1.82) is 0 Å². The van der Waals surface area contributed by atoms with Crippen molar-refractivity contribution in [2.75, 3.05) is 0 Å². The standard InChI is InChI=1S/C32H52O2/c1-20-11-15-29(6)17-18-31(8)23(26(29)21(20)2)19-24(34-22(3)33)27-30(7)14-10-13-28(4,5)25(30)12-16-32(27,31)9/h19-21,24-27H,10-18H2,1-9H3/t20-,21+,24+,25?,26?,27?,29-,30+,31-,32-/m1/s1. The second-order valence-electron chi connectivity index (χ2n) is 15.4. The Kier molecular flexibility index (Phi) is 5.57. The molecular formula is C32H52O2. The monoisotopic (exact) mass is 468 g/mol. The molecule has 5 aliphatic carbocycles. The van der Waals surface area contributed by atoms with Crippen LogP contribution in [0.25, 0.3) is 0 Å². The molecule has 0 aromatic heterocycles. The van der Waals surface area contributed by atoms with Gasteiger partial charge in [-0.15, -0.1) is 0 Å². The maximum Gasteiger partial charge on any atom is 0.303 e. The average Bonchev–Trinajstić information content (AvgIpc) is 2.71. The number of esters is 1. The maximum atomic E-state index is 12.5. The van der Waals surface area contributed by atoms with Gasteiger partial charge in [-0.25, -0.2) is 0 Å². The quantitative estimate of drug-likeness (QED) is 0.284. The number of carbonyl (C=O) groups excluding carboxylic acids is 1. The normalized spacial score (nSPS) is 54.0. The van der Waals surface area contributed by atoms with E-state index in [1.807, 2.05) is 0 Å². The molecule has 0 bridgehead atoms. The Morgan fingerprint density at radius 2 is 1.62 bits per heavy atom. The smallest absolute Gasteiger partial charge is 0.303 e. The number of ether oxygens (including phenoxy) is 1. The molecule has 2 nitrogen and oxygen atoms in total. The summed E-state index contributed by atoms with van der Waals surface area (Å²) < 4.78 is 6.36. The summed E-state index contributed by atoms with van der Waals surface area (Å²) in [5.74, 6) is 3.12. The summed E-state index contributed by atoms with van der Waals surface area (Å²) in [4.78, 5) is 12.5. The van der Waals surface area contributed by atoms with Gasteiger partial charge in [0.15, 0.2) is 0 Å². The molecule has 0 aliphatic heterocycles. The van der Waals surface area contributed by atoms with Crippen molar-refractivity contribution in [1.82, 2.24) is 0 Å². The van der Waals surface area contributed by atoms with Gasteiger partial charge in [0.05, 0.1) is 0 Å². The Labute approximate surface area is 210 Å². The van der Waals surface area contributed by atoms with Gasteiger partial charge in [-0.2, -0.15) is 0 Å². The van der Waals surface area contributed by atoms with Gasteiger partial charge in [-0.05, 0) is 108 Å². The van der Waals surface area contributed by atoms with Crippen molar-refractivity contribution in [3.8, 4) is 0 Å². The first kappa shape index (κ1) is 24.9. The molecule has 4 fully saturated rings. The summed E-state index contributed by atoms with van der Waals surface area (Å²) in [6, 6.07) is 0. The van der Waals surface area contributed by atoms with Gasteiger partial charge in [0, 0.05) is 12.8 Å². The molecule has 0 heterocycles. The van der Waals surface area contributed by atoms with Gasteiger partial charge in [-0.1, -0.05) is 67.4 Å². The van der Waals surface area contributed by atoms with Gasteiger partial charge < -0.3 is 4.74 Å². The van der Waals surface area contributed by atoms with Gasteiger partial charge in [0.25, 0.3) is 0 Å². The van der Waals surface area contributed by atoms with Crippen LogP contribution in [0.3, 0.4) is 0 Å². The highest BCUT2D eigenvalue weighted by Crippen LogP contribution is 2.75. The van der Waals surface area contributed by atoms with Gasteiger partial charge >= 0.3 is 5.97 Å². The van der Waals surface area contributed by atoms with Gasteiger partial charge in [0.2, 0.25) is 0 Å². The zero-order valence-electron chi connectivity index (χ0n) is 23.7. The van der Waals surface area contributed by atoms with Crippen LogP contribution >= 0.6 is 0 Å². The Morgan fingerprint density at radius 3 is 2.29 bits per heavy atom. The molecule has 0 N–H and O–H groups in total. The largest absolute Gasteiger partial charge is 0.458 e. The second kappa shape index (κ2) is 7.61. The predicted octanol–water partition coefficient (Wildman–Crippen LogP) is 8.60. The minimum absolute atomic E-state index is 0.0703. The van der Waals surface area contributed by atoms with E-state index in [0.717, 1.165) is 5.92 Å². The molecular weight excluding hydrogens is 416 g/mol. The Morgan fingerprint density at radius 1 is 0.912 bits per heavy atom. The first-order valence-corrected chi connectivity index (χ1v) is 14.6. The highest BCUT2D eigenvalue weighted by atomic mass is 16.5. The van der Waals surface area contributed by atoms with Crippen molar-refractivity contribution >= 4 is 5.97 Å². The molecule has 4 saturated carbocycles. The van der Waals surface area contributed by atoms with Crippen molar-refractivity contribution in [2.45, 2.75) is 126 Å². The van der Waals surface area contributed by atoms with Crippen molar-refractivity contribution in [2.24, 2.45) is 56.7 Å². The lowest BCUT2D eigenvalue weighted by atomic mass is 9.33. The zero-order valence-corrected chi connectivity index (χ0v) is 23.7. The third-order valence-electron chi connectivity index (χ3n) is 13.4. The van der Waals surface area contributed by atoms with E-state index in [4.69, 9.17) is 4.74 Å². The van der Waals surface area contributed by atoms with Crippen LogP contribution in [0.1, 0.15) is 120 Å². The highest BCUT2D eigenvalue weighted by molar-refractivity contribution is 5.66. The summed E-state index contributed by atoms with van der Waals surface area (Å²) in [7, 11) is 0. The van der Waals surface area contributed by atoms with Gasteiger partial charge in [0.1, 0.15) is 6.10 Å². The zero-order chi connectivity index (χ0) is 24.9. The fraction of sp³-hybridized carbons (Fsp3) is 0.906. The Bertz CT molecular complexity index is 885. The fourth-order valence-electron chi connectivity index (χ4n) is 11.3. The summed E-state index contributed by atoms with van der Waals surface area (Å²) >= 11 is 0. The summed E-state index contributed by atoms with van der Waals surface area (Å²) in [6.07, 6.45) is 14.4. The maximum absolute atomic E-state index is 12.5. The summed E-state index contributed by atoms with van der Waals surface area (Å²) in [6.45, 7) is 22.1. The van der Waals surface area contributed by atoms with E-state index in [-0.39, 0.29) is 28.3 Å². The number of carbonyl (C=O) groups is 1. The van der Waals surface area contributed by atoms with Crippen LogP contribution in [0.15, 0.2) is 11.6 Å². The van der Waals surface area contributed by atoms with E-state index in [0.29, 0.717) is 34.5 Å². The molecule has 0 saturated heterocycles. The summed E-state index contributed by atoms with van der Waals surface area (Å²) in [5.41, 5.74) is 3.07. The van der Waals surface area contributed by atoms with E-state index in [1.165, 1.54) is 57.8 Å². The van der Waals surface area contributed by atoms with Crippen LogP contribution in [0.5, 0.6) is 0 Å². The molecule has 0 aromatic rings. The number of hydrogen-bond acceptors (Lipinski definition) is 2. The molecule has 34 heavy (non-hydrogen) atoms. The molecule has 3 unspecified atom stereocenters. The highest BCUT2D eigenvalue weighted by Gasteiger charge is 2.69. The van der Waals surface area contributed by atoms with Crippen LogP contribution in [-0.4, -0.2) is 12.1 Å². The molecule has 0 spiro atoms. The van der Waals surface area contributed by atoms with E-state index in [9.17, 15) is 4.79 Å². The Balaban J connectivity index is 1.69. The number of allylic oxidation sites excluding steroid dienone is 1. The average molecular weight is 469 g/mol. The van der Waals surface area contributed by atoms with E-state index in [2.05, 4.69) is 61.5 Å². The Hall–Kier alpha value is -0.790. The third kappa shape index (κ3) is 3.14. The lowest BCUT2D eigenvalue weighted by molar-refractivity contribution is -0.215.